The standard InChI is InChI=1S/C16H26O3S/c1-14(2)10-6-4-3-5-7-11-15-12-8-9-13-16(15)20(17,18)19/h8-9,12-14H,3-7,10-11H2,1-2H3,(H,17,18,19). The molecule has 0 unspecified atom stereocenters. The summed E-state index contributed by atoms with van der Waals surface area (Å²) in [6, 6.07) is 6.69. The van der Waals surface area contributed by atoms with Gasteiger partial charge in [-0.25, -0.2) is 0 Å². The van der Waals surface area contributed by atoms with Crippen LogP contribution in [-0.2, 0) is 16.5 Å². The lowest BCUT2D eigenvalue weighted by atomic mass is 10.0. The van der Waals surface area contributed by atoms with Crippen molar-refractivity contribution in [3.63, 3.8) is 0 Å². The van der Waals surface area contributed by atoms with Crippen LogP contribution >= 0.6 is 0 Å². The van der Waals surface area contributed by atoms with Gasteiger partial charge in [0, 0.05) is 0 Å². The van der Waals surface area contributed by atoms with Gasteiger partial charge in [0.1, 0.15) is 0 Å². The molecular weight excluding hydrogens is 272 g/mol. The fraction of sp³-hybridized carbons (Fsp3) is 0.625. The van der Waals surface area contributed by atoms with Crippen molar-refractivity contribution in [2.75, 3.05) is 0 Å². The normalized spacial score (nSPS) is 12.0. The zero-order valence-electron chi connectivity index (χ0n) is 12.5. The molecule has 1 aromatic carbocycles. The summed E-state index contributed by atoms with van der Waals surface area (Å²) < 4.78 is 31.7. The molecule has 20 heavy (non-hydrogen) atoms. The average molecular weight is 298 g/mol. The minimum atomic E-state index is -4.09. The summed E-state index contributed by atoms with van der Waals surface area (Å²) in [5.74, 6) is 0.775. The molecule has 0 radical (unpaired) electrons. The molecule has 0 bridgehead atoms. The molecule has 0 saturated carbocycles. The molecule has 1 rings (SSSR count). The van der Waals surface area contributed by atoms with Crippen LogP contribution in [0.15, 0.2) is 29.2 Å². The molecule has 0 atom stereocenters. The molecule has 0 aromatic heterocycles. The van der Waals surface area contributed by atoms with E-state index in [2.05, 4.69) is 13.8 Å². The highest BCUT2D eigenvalue weighted by molar-refractivity contribution is 7.85. The zero-order valence-corrected chi connectivity index (χ0v) is 13.3. The van der Waals surface area contributed by atoms with E-state index < -0.39 is 10.1 Å². The Balaban J connectivity index is 2.33. The van der Waals surface area contributed by atoms with Crippen molar-refractivity contribution in [3.8, 4) is 0 Å². The Morgan fingerprint density at radius 2 is 1.60 bits per heavy atom. The van der Waals surface area contributed by atoms with E-state index in [-0.39, 0.29) is 4.90 Å². The third-order valence-corrected chi connectivity index (χ3v) is 4.43. The Morgan fingerprint density at radius 1 is 1.00 bits per heavy atom. The van der Waals surface area contributed by atoms with E-state index in [0.717, 1.165) is 24.3 Å². The smallest absolute Gasteiger partial charge is 0.282 e. The lowest BCUT2D eigenvalue weighted by molar-refractivity contribution is 0.481. The molecule has 0 heterocycles. The number of unbranched alkanes of at least 4 members (excludes halogenated alkanes) is 4. The number of hydrogen-bond donors (Lipinski definition) is 1. The van der Waals surface area contributed by atoms with E-state index in [1.54, 1.807) is 12.1 Å². The Hall–Kier alpha value is -0.870. The Bertz CT molecular complexity index is 492. The first-order valence-electron chi connectivity index (χ1n) is 7.46. The fourth-order valence-corrected chi connectivity index (χ4v) is 3.11. The summed E-state index contributed by atoms with van der Waals surface area (Å²) in [7, 11) is -4.09. The maximum atomic E-state index is 11.2. The predicted molar refractivity (Wildman–Crippen MR) is 82.5 cm³/mol. The van der Waals surface area contributed by atoms with Crippen LogP contribution < -0.4 is 0 Å². The van der Waals surface area contributed by atoms with Crippen molar-refractivity contribution in [1.29, 1.82) is 0 Å². The van der Waals surface area contributed by atoms with Gasteiger partial charge < -0.3 is 0 Å². The summed E-state index contributed by atoms with van der Waals surface area (Å²) in [6.45, 7) is 4.48. The number of rotatable bonds is 9. The Labute approximate surface area is 123 Å². The number of benzene rings is 1. The van der Waals surface area contributed by atoms with Crippen molar-refractivity contribution in [2.24, 2.45) is 5.92 Å². The molecule has 0 aliphatic carbocycles. The van der Waals surface area contributed by atoms with Gasteiger partial charge in [-0.1, -0.05) is 64.2 Å². The molecule has 3 nitrogen and oxygen atoms in total. The molecule has 114 valence electrons. The molecule has 1 N–H and O–H groups in total. The van der Waals surface area contributed by atoms with Crippen LogP contribution in [0.4, 0.5) is 0 Å². The molecule has 0 aliphatic rings. The highest BCUT2D eigenvalue weighted by atomic mass is 32.2. The highest BCUT2D eigenvalue weighted by Crippen LogP contribution is 2.18. The first-order chi connectivity index (χ1) is 9.41. The van der Waals surface area contributed by atoms with E-state index in [1.807, 2.05) is 6.07 Å². The van der Waals surface area contributed by atoms with Crippen molar-refractivity contribution in [1.82, 2.24) is 0 Å². The van der Waals surface area contributed by atoms with Gasteiger partial charge in [-0.15, -0.1) is 0 Å². The van der Waals surface area contributed by atoms with E-state index in [4.69, 9.17) is 4.55 Å². The topological polar surface area (TPSA) is 54.4 Å². The van der Waals surface area contributed by atoms with Gasteiger partial charge in [-0.05, 0) is 30.4 Å². The minimum absolute atomic E-state index is 0.0554. The minimum Gasteiger partial charge on any atom is -0.282 e. The van der Waals surface area contributed by atoms with Gasteiger partial charge in [0.25, 0.3) is 10.1 Å². The van der Waals surface area contributed by atoms with Crippen LogP contribution in [0.2, 0.25) is 0 Å². The van der Waals surface area contributed by atoms with Crippen LogP contribution in [0.1, 0.15) is 57.9 Å². The van der Waals surface area contributed by atoms with Gasteiger partial charge in [0.2, 0.25) is 0 Å². The zero-order chi connectivity index (χ0) is 15.0. The summed E-state index contributed by atoms with van der Waals surface area (Å²) in [6.07, 6.45) is 7.79. The molecule has 0 spiro atoms. The molecule has 4 heteroatoms. The van der Waals surface area contributed by atoms with Crippen LogP contribution in [0.5, 0.6) is 0 Å². The molecule has 0 fully saturated rings. The van der Waals surface area contributed by atoms with Crippen LogP contribution in [0, 0.1) is 5.92 Å². The van der Waals surface area contributed by atoms with Gasteiger partial charge >= 0.3 is 0 Å². The van der Waals surface area contributed by atoms with Crippen LogP contribution in [0.3, 0.4) is 0 Å². The molecule has 0 aliphatic heterocycles. The van der Waals surface area contributed by atoms with Crippen LogP contribution in [-0.4, -0.2) is 13.0 Å². The fourth-order valence-electron chi connectivity index (χ4n) is 2.36. The Kier molecular flexibility index (Phi) is 7.24. The summed E-state index contributed by atoms with van der Waals surface area (Å²) in [5.41, 5.74) is 0.720. The summed E-state index contributed by atoms with van der Waals surface area (Å²) in [5, 5.41) is 0. The molecule has 1 aromatic rings. The number of hydrogen-bond acceptors (Lipinski definition) is 2. The van der Waals surface area contributed by atoms with E-state index in [0.29, 0.717) is 6.42 Å². The van der Waals surface area contributed by atoms with E-state index in [9.17, 15) is 8.42 Å². The highest BCUT2D eigenvalue weighted by Gasteiger charge is 2.13. The third-order valence-electron chi connectivity index (χ3n) is 3.48. The number of aryl methyl sites for hydroxylation is 1. The molecule has 0 amide bonds. The van der Waals surface area contributed by atoms with Crippen molar-refractivity contribution in [2.45, 2.75) is 63.7 Å². The first kappa shape index (κ1) is 17.2. The second kappa shape index (κ2) is 8.42. The van der Waals surface area contributed by atoms with Crippen molar-refractivity contribution < 1.29 is 13.0 Å². The van der Waals surface area contributed by atoms with Gasteiger partial charge in [-0.3, -0.25) is 4.55 Å². The second-order valence-corrected chi connectivity index (χ2v) is 7.17. The van der Waals surface area contributed by atoms with Gasteiger partial charge in [0.05, 0.1) is 4.90 Å². The lowest BCUT2D eigenvalue weighted by Gasteiger charge is -2.07. The second-order valence-electron chi connectivity index (χ2n) is 5.78. The first-order valence-corrected chi connectivity index (χ1v) is 8.90. The third kappa shape index (κ3) is 6.53. The maximum absolute atomic E-state index is 11.2. The van der Waals surface area contributed by atoms with Crippen LogP contribution in [0.25, 0.3) is 0 Å². The Morgan fingerprint density at radius 3 is 2.25 bits per heavy atom. The average Bonchev–Trinajstić information content (AvgIpc) is 2.36. The quantitative estimate of drug-likeness (QED) is 0.540. The van der Waals surface area contributed by atoms with Gasteiger partial charge in [0.15, 0.2) is 0 Å². The molecular formula is C16H26O3S. The monoisotopic (exact) mass is 298 g/mol. The van der Waals surface area contributed by atoms with Gasteiger partial charge in [-0.2, -0.15) is 8.42 Å². The largest absolute Gasteiger partial charge is 0.294 e. The SMILES string of the molecule is CC(C)CCCCCCCc1ccccc1S(=O)(=O)O. The summed E-state index contributed by atoms with van der Waals surface area (Å²) in [4.78, 5) is 0.0554. The van der Waals surface area contributed by atoms with Crippen molar-refractivity contribution in [3.05, 3.63) is 29.8 Å². The maximum Gasteiger partial charge on any atom is 0.294 e. The molecule has 0 saturated heterocycles. The lowest BCUT2D eigenvalue weighted by Crippen LogP contribution is -2.03. The van der Waals surface area contributed by atoms with Crippen molar-refractivity contribution >= 4 is 10.1 Å². The summed E-state index contributed by atoms with van der Waals surface area (Å²) >= 11 is 0. The predicted octanol–water partition coefficient (Wildman–Crippen LogP) is 4.47. The van der Waals surface area contributed by atoms with E-state index >= 15 is 0 Å². The van der Waals surface area contributed by atoms with E-state index in [1.165, 1.54) is 31.7 Å².